The summed E-state index contributed by atoms with van der Waals surface area (Å²) in [6.07, 6.45) is 3.15. The van der Waals surface area contributed by atoms with Crippen LogP contribution in [-0.2, 0) is 24.5 Å². The summed E-state index contributed by atoms with van der Waals surface area (Å²) in [5, 5.41) is 10.5. The number of benzene rings is 1. The van der Waals surface area contributed by atoms with Crippen LogP contribution in [0, 0.1) is 5.82 Å². The van der Waals surface area contributed by atoms with E-state index in [0.29, 0.717) is 23.7 Å². The molecule has 0 spiro atoms. The highest BCUT2D eigenvalue weighted by molar-refractivity contribution is 5.75. The van der Waals surface area contributed by atoms with Crippen LogP contribution in [0.25, 0.3) is 0 Å². The molecule has 2 aromatic heterocycles. The van der Waals surface area contributed by atoms with Gasteiger partial charge in [-0.3, -0.25) is 4.79 Å². The number of hydrogen-bond donors (Lipinski definition) is 1. The predicted octanol–water partition coefficient (Wildman–Crippen LogP) is 1.91. The smallest absolute Gasteiger partial charge is 0.242 e. The van der Waals surface area contributed by atoms with Crippen molar-refractivity contribution < 1.29 is 18.3 Å². The first-order valence-corrected chi connectivity index (χ1v) is 7.25. The molecule has 3 rings (SSSR count). The van der Waals surface area contributed by atoms with Gasteiger partial charge in [-0.25, -0.2) is 9.07 Å². The number of halogens is 1. The second kappa shape index (κ2) is 7.40. The SMILES string of the molecule is O=C(Cn1cc(COc2cccc(F)c2)nn1)NCc1ccco1. The van der Waals surface area contributed by atoms with Crippen molar-refractivity contribution in [2.45, 2.75) is 19.7 Å². The van der Waals surface area contributed by atoms with E-state index in [1.165, 1.54) is 16.8 Å². The Morgan fingerprint density at radius 1 is 1.33 bits per heavy atom. The monoisotopic (exact) mass is 330 g/mol. The average Bonchev–Trinajstić information content (AvgIpc) is 3.23. The lowest BCUT2D eigenvalue weighted by Crippen LogP contribution is -2.27. The van der Waals surface area contributed by atoms with Crippen molar-refractivity contribution >= 4 is 5.91 Å². The lowest BCUT2D eigenvalue weighted by Gasteiger charge is -2.03. The number of aromatic nitrogens is 3. The molecule has 1 N–H and O–H groups in total. The van der Waals surface area contributed by atoms with E-state index in [1.54, 1.807) is 36.7 Å². The molecule has 124 valence electrons. The van der Waals surface area contributed by atoms with Crippen molar-refractivity contribution in [3.8, 4) is 5.75 Å². The molecule has 0 aliphatic rings. The van der Waals surface area contributed by atoms with Crippen LogP contribution < -0.4 is 10.1 Å². The van der Waals surface area contributed by atoms with Crippen LogP contribution in [0.1, 0.15) is 11.5 Å². The third-order valence-electron chi connectivity index (χ3n) is 3.11. The summed E-state index contributed by atoms with van der Waals surface area (Å²) in [4.78, 5) is 11.8. The molecule has 0 aliphatic heterocycles. The molecule has 1 aromatic carbocycles. The number of furan rings is 1. The Hall–Kier alpha value is -3.16. The molecule has 2 heterocycles. The lowest BCUT2D eigenvalue weighted by atomic mass is 10.3. The van der Waals surface area contributed by atoms with Crippen LogP contribution in [0.5, 0.6) is 5.75 Å². The molecule has 0 unspecified atom stereocenters. The Bertz CT molecular complexity index is 801. The van der Waals surface area contributed by atoms with Gasteiger partial charge in [-0.2, -0.15) is 0 Å². The minimum Gasteiger partial charge on any atom is -0.487 e. The fraction of sp³-hybridized carbons (Fsp3) is 0.188. The quantitative estimate of drug-likeness (QED) is 0.715. The van der Waals surface area contributed by atoms with Crippen LogP contribution in [0.15, 0.2) is 53.3 Å². The van der Waals surface area contributed by atoms with Crippen molar-refractivity contribution in [2.24, 2.45) is 0 Å². The minimum atomic E-state index is -0.371. The van der Waals surface area contributed by atoms with Gasteiger partial charge in [0.15, 0.2) is 0 Å². The largest absolute Gasteiger partial charge is 0.487 e. The maximum atomic E-state index is 13.1. The van der Waals surface area contributed by atoms with Gasteiger partial charge in [0.2, 0.25) is 5.91 Å². The van der Waals surface area contributed by atoms with Gasteiger partial charge in [-0.1, -0.05) is 11.3 Å². The normalized spacial score (nSPS) is 10.5. The summed E-state index contributed by atoms with van der Waals surface area (Å²) < 4.78 is 25.0. The zero-order valence-corrected chi connectivity index (χ0v) is 12.7. The van der Waals surface area contributed by atoms with Gasteiger partial charge < -0.3 is 14.5 Å². The Balaban J connectivity index is 1.47. The summed E-state index contributed by atoms with van der Waals surface area (Å²) in [5.74, 6) is 0.491. The van der Waals surface area contributed by atoms with Crippen molar-refractivity contribution in [1.82, 2.24) is 20.3 Å². The summed E-state index contributed by atoms with van der Waals surface area (Å²) in [6.45, 7) is 0.487. The Morgan fingerprint density at radius 2 is 2.25 bits per heavy atom. The molecule has 0 saturated heterocycles. The molecule has 0 atom stereocenters. The molecule has 7 nitrogen and oxygen atoms in total. The molecule has 1 amide bonds. The van der Waals surface area contributed by atoms with Gasteiger partial charge in [-0.05, 0) is 24.3 Å². The number of amides is 1. The Labute approximate surface area is 137 Å². The fourth-order valence-electron chi connectivity index (χ4n) is 2.00. The second-order valence-corrected chi connectivity index (χ2v) is 5.01. The number of carbonyl (C=O) groups excluding carboxylic acids is 1. The van der Waals surface area contributed by atoms with Crippen molar-refractivity contribution in [3.05, 3.63) is 66.1 Å². The maximum absolute atomic E-state index is 13.1. The van der Waals surface area contributed by atoms with Gasteiger partial charge in [0.1, 0.15) is 36.2 Å². The van der Waals surface area contributed by atoms with E-state index in [-0.39, 0.29) is 24.9 Å². The zero-order chi connectivity index (χ0) is 16.8. The van der Waals surface area contributed by atoms with Crippen LogP contribution in [0.4, 0.5) is 4.39 Å². The van der Waals surface area contributed by atoms with Crippen LogP contribution in [0.3, 0.4) is 0 Å². The average molecular weight is 330 g/mol. The summed E-state index contributed by atoms with van der Waals surface area (Å²) in [6, 6.07) is 9.36. The molecule has 3 aromatic rings. The first kappa shape index (κ1) is 15.7. The number of nitrogens with one attached hydrogen (secondary N) is 1. The highest BCUT2D eigenvalue weighted by Gasteiger charge is 2.07. The van der Waals surface area contributed by atoms with Gasteiger partial charge in [0.05, 0.1) is 19.0 Å². The van der Waals surface area contributed by atoms with Gasteiger partial charge in [0, 0.05) is 6.07 Å². The van der Waals surface area contributed by atoms with Crippen molar-refractivity contribution in [2.75, 3.05) is 0 Å². The number of carbonyl (C=O) groups is 1. The van der Waals surface area contributed by atoms with Gasteiger partial charge in [0.25, 0.3) is 0 Å². The Morgan fingerprint density at radius 3 is 3.04 bits per heavy atom. The number of rotatable bonds is 7. The number of nitrogens with zero attached hydrogens (tertiary/aromatic N) is 3. The van der Waals surface area contributed by atoms with Gasteiger partial charge >= 0.3 is 0 Å². The third-order valence-corrected chi connectivity index (χ3v) is 3.11. The number of hydrogen-bond acceptors (Lipinski definition) is 5. The minimum absolute atomic E-state index is 0.0354. The van der Waals surface area contributed by atoms with E-state index in [9.17, 15) is 9.18 Å². The molecular weight excluding hydrogens is 315 g/mol. The lowest BCUT2D eigenvalue weighted by molar-refractivity contribution is -0.122. The highest BCUT2D eigenvalue weighted by atomic mass is 19.1. The summed E-state index contributed by atoms with van der Waals surface area (Å²) in [5.41, 5.74) is 0.540. The standard InChI is InChI=1S/C16H15FN4O3/c17-12-3-1-4-14(7-12)24-11-13-9-21(20-19-13)10-16(22)18-8-15-5-2-6-23-15/h1-7,9H,8,10-11H2,(H,18,22). The molecule has 0 fully saturated rings. The van der Waals surface area contributed by atoms with Gasteiger partial charge in [-0.15, -0.1) is 5.10 Å². The van der Waals surface area contributed by atoms with Crippen LogP contribution in [0.2, 0.25) is 0 Å². The summed E-state index contributed by atoms with van der Waals surface area (Å²) >= 11 is 0. The molecule has 8 heteroatoms. The van der Waals surface area contributed by atoms with E-state index in [2.05, 4.69) is 15.6 Å². The predicted molar refractivity (Wildman–Crippen MR) is 81.3 cm³/mol. The Kier molecular flexibility index (Phi) is 4.85. The first-order valence-electron chi connectivity index (χ1n) is 7.25. The summed E-state index contributed by atoms with van der Waals surface area (Å²) in [7, 11) is 0. The first-order chi connectivity index (χ1) is 11.7. The molecule has 0 radical (unpaired) electrons. The van der Waals surface area contributed by atoms with Crippen LogP contribution >= 0.6 is 0 Å². The topological polar surface area (TPSA) is 82.2 Å². The van der Waals surface area contributed by atoms with E-state index in [4.69, 9.17) is 9.15 Å². The highest BCUT2D eigenvalue weighted by Crippen LogP contribution is 2.13. The third kappa shape index (κ3) is 4.42. The van der Waals surface area contributed by atoms with Crippen LogP contribution in [-0.4, -0.2) is 20.9 Å². The fourth-order valence-corrected chi connectivity index (χ4v) is 2.00. The molecule has 0 aliphatic carbocycles. The van der Waals surface area contributed by atoms with E-state index in [1.807, 2.05) is 0 Å². The van der Waals surface area contributed by atoms with E-state index >= 15 is 0 Å². The van der Waals surface area contributed by atoms with E-state index < -0.39 is 0 Å². The number of ether oxygens (including phenoxy) is 1. The van der Waals surface area contributed by atoms with Crippen molar-refractivity contribution in [1.29, 1.82) is 0 Å². The zero-order valence-electron chi connectivity index (χ0n) is 12.7. The molecule has 0 saturated carbocycles. The molecule has 24 heavy (non-hydrogen) atoms. The molecular formula is C16H15FN4O3. The maximum Gasteiger partial charge on any atom is 0.242 e. The second-order valence-electron chi connectivity index (χ2n) is 5.01. The van der Waals surface area contributed by atoms with Crippen molar-refractivity contribution in [3.63, 3.8) is 0 Å². The molecule has 0 bridgehead atoms. The van der Waals surface area contributed by atoms with E-state index in [0.717, 1.165) is 0 Å².